The molecule has 0 aromatic carbocycles. The number of rotatable bonds is 3. The van der Waals surface area contributed by atoms with Crippen LogP contribution in [-0.4, -0.2) is 24.7 Å². The largest absolute Gasteiger partial charge is 0.376 e. The molecule has 0 bridgehead atoms. The number of carbonyl (C=O) groups excluding carboxylic acids is 1. The molecule has 2 fully saturated rings. The van der Waals surface area contributed by atoms with Crippen molar-refractivity contribution in [3.05, 3.63) is 0 Å². The molecule has 1 heterocycles. The Balaban J connectivity index is 1.77. The zero-order valence-corrected chi connectivity index (χ0v) is 9.50. The topological polar surface area (TPSA) is 38.3 Å². The summed E-state index contributed by atoms with van der Waals surface area (Å²) in [5.41, 5.74) is 0. The van der Waals surface area contributed by atoms with Crippen molar-refractivity contribution in [2.45, 2.75) is 57.6 Å². The first-order valence-corrected chi connectivity index (χ1v) is 6.19. The Morgan fingerprint density at radius 1 is 1.27 bits per heavy atom. The molecule has 86 valence electrons. The van der Waals surface area contributed by atoms with E-state index >= 15 is 0 Å². The second-order valence-corrected chi connectivity index (χ2v) is 4.83. The Bertz CT molecular complexity index is 218. The van der Waals surface area contributed by atoms with Gasteiger partial charge in [0, 0.05) is 12.5 Å². The highest BCUT2D eigenvalue weighted by Gasteiger charge is 2.27. The van der Waals surface area contributed by atoms with E-state index in [1.54, 1.807) is 0 Å². The summed E-state index contributed by atoms with van der Waals surface area (Å²) in [4.78, 5) is 11.8. The van der Waals surface area contributed by atoms with Gasteiger partial charge in [0.05, 0.1) is 12.1 Å². The molecular formula is C12H21NO2. The lowest BCUT2D eigenvalue weighted by Gasteiger charge is -2.21. The van der Waals surface area contributed by atoms with Crippen LogP contribution in [0, 0.1) is 5.92 Å². The van der Waals surface area contributed by atoms with E-state index in [0.717, 1.165) is 32.3 Å². The van der Waals surface area contributed by atoms with Gasteiger partial charge in [-0.15, -0.1) is 0 Å². The van der Waals surface area contributed by atoms with Gasteiger partial charge in [-0.25, -0.2) is 0 Å². The first-order valence-electron chi connectivity index (χ1n) is 6.19. The lowest BCUT2D eigenvalue weighted by molar-refractivity contribution is -0.126. The predicted molar refractivity (Wildman–Crippen MR) is 58.5 cm³/mol. The van der Waals surface area contributed by atoms with Crippen LogP contribution in [0.25, 0.3) is 0 Å². The van der Waals surface area contributed by atoms with Gasteiger partial charge >= 0.3 is 0 Å². The van der Waals surface area contributed by atoms with Crippen molar-refractivity contribution in [3.8, 4) is 0 Å². The number of carbonyl (C=O) groups is 1. The van der Waals surface area contributed by atoms with Crippen LogP contribution in [0.5, 0.6) is 0 Å². The number of hydrogen-bond donors (Lipinski definition) is 1. The van der Waals surface area contributed by atoms with Crippen molar-refractivity contribution in [1.29, 1.82) is 0 Å². The Labute approximate surface area is 91.6 Å². The Kier molecular flexibility index (Phi) is 3.62. The van der Waals surface area contributed by atoms with Crippen molar-refractivity contribution in [1.82, 2.24) is 5.32 Å². The van der Waals surface area contributed by atoms with E-state index in [2.05, 4.69) is 12.2 Å². The molecule has 0 unspecified atom stereocenters. The van der Waals surface area contributed by atoms with Crippen LogP contribution in [0.15, 0.2) is 0 Å². The van der Waals surface area contributed by atoms with Gasteiger partial charge in [0.25, 0.3) is 0 Å². The predicted octanol–water partition coefficient (Wildman–Crippen LogP) is 1.86. The number of nitrogens with one attached hydrogen (secondary N) is 1. The van der Waals surface area contributed by atoms with Gasteiger partial charge in [0.2, 0.25) is 5.91 Å². The molecule has 2 rings (SSSR count). The highest BCUT2D eigenvalue weighted by molar-refractivity contribution is 5.79. The molecule has 15 heavy (non-hydrogen) atoms. The minimum atomic E-state index is 0.181. The maximum Gasteiger partial charge on any atom is 0.223 e. The Morgan fingerprint density at radius 3 is 2.60 bits per heavy atom. The molecule has 2 atom stereocenters. The molecule has 1 saturated heterocycles. The van der Waals surface area contributed by atoms with Crippen LogP contribution in [-0.2, 0) is 9.53 Å². The summed E-state index contributed by atoms with van der Waals surface area (Å²) in [5.74, 6) is 0.518. The van der Waals surface area contributed by atoms with E-state index in [4.69, 9.17) is 4.74 Å². The summed E-state index contributed by atoms with van der Waals surface area (Å²) in [5, 5.41) is 3.10. The minimum Gasteiger partial charge on any atom is -0.376 e. The van der Waals surface area contributed by atoms with Crippen molar-refractivity contribution in [2.24, 2.45) is 5.92 Å². The third-order valence-electron chi connectivity index (χ3n) is 3.62. The van der Waals surface area contributed by atoms with Crippen LogP contribution >= 0.6 is 0 Å². The van der Waals surface area contributed by atoms with Crippen LogP contribution in [0.1, 0.15) is 45.4 Å². The fraction of sp³-hybridized carbons (Fsp3) is 0.917. The molecule has 0 spiro atoms. The number of amides is 1. The smallest absolute Gasteiger partial charge is 0.223 e. The normalized spacial score (nSPS) is 29.3. The van der Waals surface area contributed by atoms with Crippen molar-refractivity contribution in [2.75, 3.05) is 6.61 Å². The highest BCUT2D eigenvalue weighted by atomic mass is 16.5. The van der Waals surface area contributed by atoms with E-state index in [9.17, 15) is 4.79 Å². The summed E-state index contributed by atoms with van der Waals surface area (Å²) >= 11 is 0. The molecule has 0 aromatic heterocycles. The SMILES string of the molecule is C[C@H](NC(=O)C1CCCC1)[C@H]1CCCO1. The van der Waals surface area contributed by atoms with E-state index in [0.29, 0.717) is 0 Å². The van der Waals surface area contributed by atoms with Gasteiger partial charge in [0.15, 0.2) is 0 Å². The van der Waals surface area contributed by atoms with E-state index < -0.39 is 0 Å². The van der Waals surface area contributed by atoms with Gasteiger partial charge in [-0.1, -0.05) is 12.8 Å². The molecular weight excluding hydrogens is 190 g/mol. The van der Waals surface area contributed by atoms with Crippen molar-refractivity contribution < 1.29 is 9.53 Å². The van der Waals surface area contributed by atoms with Gasteiger partial charge < -0.3 is 10.1 Å². The summed E-state index contributed by atoms with van der Waals surface area (Å²) in [7, 11) is 0. The molecule has 1 N–H and O–H groups in total. The molecule has 0 radical (unpaired) electrons. The molecule has 1 aliphatic heterocycles. The monoisotopic (exact) mass is 211 g/mol. The van der Waals surface area contributed by atoms with Gasteiger partial charge in [-0.2, -0.15) is 0 Å². The molecule has 1 aliphatic carbocycles. The second-order valence-electron chi connectivity index (χ2n) is 4.83. The van der Waals surface area contributed by atoms with Crippen molar-refractivity contribution in [3.63, 3.8) is 0 Å². The fourth-order valence-electron chi connectivity index (χ4n) is 2.62. The number of ether oxygens (including phenoxy) is 1. The Hall–Kier alpha value is -0.570. The summed E-state index contributed by atoms with van der Waals surface area (Å²) in [6.45, 7) is 2.91. The maximum atomic E-state index is 11.8. The highest BCUT2D eigenvalue weighted by Crippen LogP contribution is 2.25. The van der Waals surface area contributed by atoms with E-state index in [1.807, 2.05) is 0 Å². The minimum absolute atomic E-state index is 0.181. The van der Waals surface area contributed by atoms with Crippen LogP contribution in [0.4, 0.5) is 0 Å². The maximum absolute atomic E-state index is 11.8. The molecule has 1 saturated carbocycles. The summed E-state index contributed by atoms with van der Waals surface area (Å²) in [6.07, 6.45) is 7.04. The second kappa shape index (κ2) is 4.97. The van der Waals surface area contributed by atoms with Gasteiger partial charge in [-0.05, 0) is 32.6 Å². The van der Waals surface area contributed by atoms with Crippen LogP contribution in [0.3, 0.4) is 0 Å². The van der Waals surface area contributed by atoms with Crippen molar-refractivity contribution >= 4 is 5.91 Å². The molecule has 2 aliphatic rings. The lowest BCUT2D eigenvalue weighted by atomic mass is 10.1. The zero-order chi connectivity index (χ0) is 10.7. The molecule has 3 heteroatoms. The van der Waals surface area contributed by atoms with Crippen LogP contribution < -0.4 is 5.32 Å². The summed E-state index contributed by atoms with van der Waals surface area (Å²) < 4.78 is 5.56. The average Bonchev–Trinajstić information content (AvgIpc) is 2.91. The fourth-order valence-corrected chi connectivity index (χ4v) is 2.62. The third kappa shape index (κ3) is 2.71. The molecule has 1 amide bonds. The lowest BCUT2D eigenvalue weighted by Crippen LogP contribution is -2.43. The molecule has 3 nitrogen and oxygen atoms in total. The average molecular weight is 211 g/mol. The zero-order valence-electron chi connectivity index (χ0n) is 9.50. The third-order valence-corrected chi connectivity index (χ3v) is 3.62. The quantitative estimate of drug-likeness (QED) is 0.773. The first-order chi connectivity index (χ1) is 7.27. The number of hydrogen-bond acceptors (Lipinski definition) is 2. The Morgan fingerprint density at radius 2 is 2.00 bits per heavy atom. The van der Waals surface area contributed by atoms with Crippen LogP contribution in [0.2, 0.25) is 0 Å². The first kappa shape index (κ1) is 10.9. The van der Waals surface area contributed by atoms with Gasteiger partial charge in [0.1, 0.15) is 0 Å². The molecule has 0 aromatic rings. The van der Waals surface area contributed by atoms with E-state index in [1.165, 1.54) is 12.8 Å². The van der Waals surface area contributed by atoms with Gasteiger partial charge in [-0.3, -0.25) is 4.79 Å². The standard InChI is InChI=1S/C12H21NO2/c1-9(11-7-4-8-15-11)13-12(14)10-5-2-3-6-10/h9-11H,2-8H2,1H3,(H,13,14)/t9-,11+/m0/s1. The summed E-state index contributed by atoms with van der Waals surface area (Å²) in [6, 6.07) is 0.181. The van der Waals surface area contributed by atoms with E-state index in [-0.39, 0.29) is 24.0 Å².